The van der Waals surface area contributed by atoms with Crippen LogP contribution < -0.4 is 10.5 Å². The molecular formula is C16H21F3N2O3. The summed E-state index contributed by atoms with van der Waals surface area (Å²) in [4.78, 5) is 12.8. The van der Waals surface area contributed by atoms with Crippen molar-refractivity contribution in [3.63, 3.8) is 0 Å². The fourth-order valence-electron chi connectivity index (χ4n) is 2.59. The summed E-state index contributed by atoms with van der Waals surface area (Å²) in [6.07, 6.45) is -4.38. The van der Waals surface area contributed by atoms with Crippen LogP contribution in [0.1, 0.15) is 12.8 Å². The smallest absolute Gasteiger partial charge is 0.408 e. The number of benzene rings is 1. The SMILES string of the molecule is NC1CCC(C(F)(F)F)N(C(=O)COCCOc2ccccc2)C1. The summed E-state index contributed by atoms with van der Waals surface area (Å²) in [5, 5.41) is 0. The Bertz CT molecular complexity index is 525. The lowest BCUT2D eigenvalue weighted by atomic mass is 9.98. The predicted molar refractivity (Wildman–Crippen MR) is 81.5 cm³/mol. The molecule has 1 saturated heterocycles. The van der Waals surface area contributed by atoms with Crippen LogP contribution >= 0.6 is 0 Å². The summed E-state index contributed by atoms with van der Waals surface area (Å²) < 4.78 is 49.6. The number of carbonyl (C=O) groups is 1. The maximum Gasteiger partial charge on any atom is 0.408 e. The highest BCUT2D eigenvalue weighted by Crippen LogP contribution is 2.31. The van der Waals surface area contributed by atoms with Crippen molar-refractivity contribution in [1.29, 1.82) is 0 Å². The maximum absolute atomic E-state index is 13.0. The lowest BCUT2D eigenvalue weighted by Gasteiger charge is -2.39. The van der Waals surface area contributed by atoms with E-state index in [-0.39, 0.29) is 32.6 Å². The molecule has 0 bridgehead atoms. The Morgan fingerprint density at radius 2 is 1.92 bits per heavy atom. The third-order valence-electron chi connectivity index (χ3n) is 3.78. The number of hydrogen-bond donors (Lipinski definition) is 1. The van der Waals surface area contributed by atoms with Crippen molar-refractivity contribution in [3.05, 3.63) is 30.3 Å². The molecular weight excluding hydrogens is 325 g/mol. The van der Waals surface area contributed by atoms with E-state index in [9.17, 15) is 18.0 Å². The Hall–Kier alpha value is -1.80. The maximum atomic E-state index is 13.0. The molecule has 2 unspecified atom stereocenters. The Balaban J connectivity index is 1.75. The van der Waals surface area contributed by atoms with Gasteiger partial charge in [0, 0.05) is 12.6 Å². The molecule has 1 amide bonds. The molecule has 2 rings (SSSR count). The number of ether oxygens (including phenoxy) is 2. The summed E-state index contributed by atoms with van der Waals surface area (Å²) in [6, 6.07) is 6.81. The number of nitrogens with two attached hydrogens (primary N) is 1. The molecule has 8 heteroatoms. The van der Waals surface area contributed by atoms with Crippen molar-refractivity contribution in [2.24, 2.45) is 5.73 Å². The molecule has 1 aliphatic heterocycles. The highest BCUT2D eigenvalue weighted by atomic mass is 19.4. The van der Waals surface area contributed by atoms with Crippen LogP contribution in [0.15, 0.2) is 30.3 Å². The second-order valence-corrected chi connectivity index (χ2v) is 5.66. The van der Waals surface area contributed by atoms with Crippen LogP contribution in [-0.4, -0.2) is 55.4 Å². The van der Waals surface area contributed by atoms with Gasteiger partial charge in [-0.25, -0.2) is 0 Å². The summed E-state index contributed by atoms with van der Waals surface area (Å²) in [5.74, 6) is -0.0428. The first-order chi connectivity index (χ1) is 11.4. The molecule has 0 saturated carbocycles. The number of amides is 1. The van der Waals surface area contributed by atoms with Gasteiger partial charge in [0.15, 0.2) is 0 Å². The Labute approximate surface area is 138 Å². The van der Waals surface area contributed by atoms with Gasteiger partial charge < -0.3 is 20.1 Å². The predicted octanol–water partition coefficient (Wildman–Crippen LogP) is 1.96. The molecule has 134 valence electrons. The monoisotopic (exact) mass is 346 g/mol. The minimum Gasteiger partial charge on any atom is -0.491 e. The number of carbonyl (C=O) groups excluding carboxylic acids is 1. The third-order valence-corrected chi connectivity index (χ3v) is 3.78. The van der Waals surface area contributed by atoms with Gasteiger partial charge in [-0.3, -0.25) is 4.79 Å². The zero-order valence-electron chi connectivity index (χ0n) is 13.2. The summed E-state index contributed by atoms with van der Waals surface area (Å²) >= 11 is 0. The number of halogens is 3. The van der Waals surface area contributed by atoms with E-state index in [0.29, 0.717) is 5.75 Å². The van der Waals surface area contributed by atoms with Gasteiger partial charge in [0.05, 0.1) is 6.61 Å². The second kappa shape index (κ2) is 8.34. The quantitative estimate of drug-likeness (QED) is 0.800. The van der Waals surface area contributed by atoms with Gasteiger partial charge in [0.25, 0.3) is 0 Å². The molecule has 1 heterocycles. The number of likely N-dealkylation sites (tertiary alicyclic amines) is 1. The molecule has 2 N–H and O–H groups in total. The van der Waals surface area contributed by atoms with Gasteiger partial charge >= 0.3 is 6.18 Å². The van der Waals surface area contributed by atoms with Crippen molar-refractivity contribution in [1.82, 2.24) is 4.90 Å². The fourth-order valence-corrected chi connectivity index (χ4v) is 2.59. The fraction of sp³-hybridized carbons (Fsp3) is 0.562. The van der Waals surface area contributed by atoms with E-state index in [1.54, 1.807) is 12.1 Å². The third kappa shape index (κ3) is 5.38. The Morgan fingerprint density at radius 1 is 1.21 bits per heavy atom. The number of rotatable bonds is 6. The normalized spacial score (nSPS) is 21.6. The van der Waals surface area contributed by atoms with Crippen LogP contribution in [0, 0.1) is 0 Å². The molecule has 0 spiro atoms. The van der Waals surface area contributed by atoms with Crippen LogP contribution in [0.3, 0.4) is 0 Å². The average molecular weight is 346 g/mol. The molecule has 1 aliphatic rings. The average Bonchev–Trinajstić information content (AvgIpc) is 2.54. The first-order valence-corrected chi connectivity index (χ1v) is 7.75. The van der Waals surface area contributed by atoms with Crippen molar-refractivity contribution in [3.8, 4) is 5.75 Å². The zero-order valence-corrected chi connectivity index (χ0v) is 13.2. The lowest BCUT2D eigenvalue weighted by molar-refractivity contribution is -0.198. The van der Waals surface area contributed by atoms with E-state index >= 15 is 0 Å². The van der Waals surface area contributed by atoms with E-state index in [0.717, 1.165) is 4.90 Å². The molecule has 1 aromatic rings. The topological polar surface area (TPSA) is 64.8 Å². The van der Waals surface area contributed by atoms with E-state index in [1.165, 1.54) is 0 Å². The van der Waals surface area contributed by atoms with E-state index in [2.05, 4.69) is 0 Å². The van der Waals surface area contributed by atoms with Crippen molar-refractivity contribution in [2.75, 3.05) is 26.4 Å². The number of piperidine rings is 1. The Morgan fingerprint density at radius 3 is 2.58 bits per heavy atom. The van der Waals surface area contributed by atoms with Crippen LogP contribution in [0.25, 0.3) is 0 Å². The molecule has 0 radical (unpaired) electrons. The number of para-hydroxylation sites is 1. The highest BCUT2D eigenvalue weighted by Gasteiger charge is 2.47. The van der Waals surface area contributed by atoms with E-state index < -0.39 is 30.8 Å². The minimum absolute atomic E-state index is 0.104. The largest absolute Gasteiger partial charge is 0.491 e. The zero-order chi connectivity index (χ0) is 17.6. The van der Waals surface area contributed by atoms with Gasteiger partial charge in [-0.15, -0.1) is 0 Å². The molecule has 0 aliphatic carbocycles. The van der Waals surface area contributed by atoms with Crippen LogP contribution in [-0.2, 0) is 9.53 Å². The van der Waals surface area contributed by atoms with Crippen molar-refractivity contribution < 1.29 is 27.4 Å². The van der Waals surface area contributed by atoms with Crippen molar-refractivity contribution in [2.45, 2.75) is 31.1 Å². The van der Waals surface area contributed by atoms with Gasteiger partial charge in [0.2, 0.25) is 5.91 Å². The number of hydrogen-bond acceptors (Lipinski definition) is 4. The van der Waals surface area contributed by atoms with E-state index in [4.69, 9.17) is 15.2 Å². The van der Waals surface area contributed by atoms with E-state index in [1.807, 2.05) is 18.2 Å². The first kappa shape index (κ1) is 18.5. The highest BCUT2D eigenvalue weighted by molar-refractivity contribution is 5.78. The van der Waals surface area contributed by atoms with Gasteiger partial charge in [-0.1, -0.05) is 18.2 Å². The summed E-state index contributed by atoms with van der Waals surface area (Å²) in [5.41, 5.74) is 5.69. The summed E-state index contributed by atoms with van der Waals surface area (Å²) in [7, 11) is 0. The molecule has 0 aromatic heterocycles. The van der Waals surface area contributed by atoms with Gasteiger partial charge in [0.1, 0.15) is 25.0 Å². The molecule has 2 atom stereocenters. The summed E-state index contributed by atoms with van der Waals surface area (Å²) in [6.45, 7) is -0.207. The molecule has 24 heavy (non-hydrogen) atoms. The van der Waals surface area contributed by atoms with Crippen LogP contribution in [0.4, 0.5) is 13.2 Å². The van der Waals surface area contributed by atoms with Crippen molar-refractivity contribution >= 4 is 5.91 Å². The number of nitrogens with zero attached hydrogens (tertiary/aromatic N) is 1. The second-order valence-electron chi connectivity index (χ2n) is 5.66. The first-order valence-electron chi connectivity index (χ1n) is 7.75. The molecule has 1 fully saturated rings. The van der Waals surface area contributed by atoms with Gasteiger partial charge in [-0.05, 0) is 25.0 Å². The lowest BCUT2D eigenvalue weighted by Crippen LogP contribution is -2.57. The van der Waals surface area contributed by atoms with Crippen LogP contribution in [0.5, 0.6) is 5.75 Å². The van der Waals surface area contributed by atoms with Crippen LogP contribution in [0.2, 0.25) is 0 Å². The molecule has 1 aromatic carbocycles. The number of alkyl halides is 3. The van der Waals surface area contributed by atoms with Gasteiger partial charge in [-0.2, -0.15) is 13.2 Å². The minimum atomic E-state index is -4.45. The Kier molecular flexibility index (Phi) is 6.44. The molecule has 5 nitrogen and oxygen atoms in total. The standard InChI is InChI=1S/C16H21F3N2O3/c17-16(18,19)14-7-6-12(20)10-21(14)15(22)11-23-8-9-24-13-4-2-1-3-5-13/h1-5,12,14H,6-11,20H2.